The fourth-order valence-electron chi connectivity index (χ4n) is 0.408. The van der Waals surface area contributed by atoms with Gasteiger partial charge in [-0.05, 0) is 36.5 Å². The molecule has 0 saturated carbocycles. The van der Waals surface area contributed by atoms with Crippen LogP contribution in [0.15, 0.2) is 36.5 Å². The van der Waals surface area contributed by atoms with E-state index in [1.54, 1.807) is 0 Å². The van der Waals surface area contributed by atoms with Gasteiger partial charge in [0.1, 0.15) is 0 Å². The first-order valence-corrected chi connectivity index (χ1v) is 5.18. The van der Waals surface area contributed by atoms with Crippen molar-refractivity contribution in [3.8, 4) is 0 Å². The van der Waals surface area contributed by atoms with E-state index < -0.39 is 35.8 Å². The number of hydrogen-bond acceptors (Lipinski definition) is 12. The number of hydrogen-bond donors (Lipinski definition) is 0. The normalized spacial score (nSPS) is 9.12. The molecule has 0 spiro atoms. The van der Waals surface area contributed by atoms with Crippen molar-refractivity contribution >= 4 is 35.8 Å². The third-order valence-electron chi connectivity index (χ3n) is 1.07. The molecule has 0 fully saturated rings. The zero-order valence-electron chi connectivity index (χ0n) is 11.8. The van der Waals surface area contributed by atoms with Gasteiger partial charge in [0.25, 0.3) is 0 Å². The average Bonchev–Trinajstić information content (AvgIpc) is 2.42. The third kappa shape index (κ3) is 53.0. The molecule has 0 aromatic rings. The number of carbonyl (C=O) groups excluding carboxylic acids is 6. The van der Waals surface area contributed by atoms with Gasteiger partial charge in [-0.15, -0.1) is 0 Å². The second-order valence-corrected chi connectivity index (χ2v) is 2.91. The standard InChI is InChI=1S/3C4H4O4.Cr/c3*5-3(6)1-2-4(7)8;/h3*1-2H,(H,5,6)(H,7,8);/q;;;+6/p-6/b3*2-1+;. The number of rotatable bonds is 6. The molecule has 0 amide bonds. The molecule has 0 radical (unpaired) electrons. The molecular weight excluding hydrogens is 388 g/mol. The summed E-state index contributed by atoms with van der Waals surface area (Å²) in [5.41, 5.74) is 0. The van der Waals surface area contributed by atoms with Crippen LogP contribution in [0.2, 0.25) is 0 Å². The van der Waals surface area contributed by atoms with Crippen LogP contribution in [-0.4, -0.2) is 35.8 Å². The first-order valence-electron chi connectivity index (χ1n) is 5.18. The van der Waals surface area contributed by atoms with E-state index >= 15 is 0 Å². The molecule has 0 aromatic carbocycles. The van der Waals surface area contributed by atoms with E-state index in [1.165, 1.54) is 0 Å². The fraction of sp³-hybridized carbons (Fsp3) is 0. The van der Waals surface area contributed by atoms with Crippen LogP contribution in [0, 0.1) is 0 Å². The predicted octanol–water partition coefficient (Wildman–Crippen LogP) is -8.88. The Morgan fingerprint density at radius 1 is 0.360 bits per heavy atom. The van der Waals surface area contributed by atoms with Gasteiger partial charge < -0.3 is 59.4 Å². The van der Waals surface area contributed by atoms with Crippen molar-refractivity contribution in [3.63, 3.8) is 0 Å². The monoisotopic (exact) mass is 394 g/mol. The molecule has 0 heterocycles. The van der Waals surface area contributed by atoms with Crippen LogP contribution in [0.4, 0.5) is 0 Å². The Morgan fingerprint density at radius 2 is 0.440 bits per heavy atom. The van der Waals surface area contributed by atoms with Gasteiger partial charge in [-0.2, -0.15) is 0 Å². The van der Waals surface area contributed by atoms with Crippen LogP contribution >= 0.6 is 0 Å². The van der Waals surface area contributed by atoms with E-state index in [2.05, 4.69) is 0 Å². The van der Waals surface area contributed by atoms with Crippen molar-refractivity contribution in [1.29, 1.82) is 0 Å². The number of carboxylic acid groups (broad SMARTS) is 6. The SMILES string of the molecule is O=C([O-])/C=C/C(=O)[O-].O=C([O-])/C=C/C(=O)[O-].O=C([O-])/C=C/C(=O)[O-].[Cr+6]. The minimum Gasteiger partial charge on any atom is -0.545 e. The van der Waals surface area contributed by atoms with Gasteiger partial charge in [0, 0.05) is 0 Å². The van der Waals surface area contributed by atoms with E-state index in [9.17, 15) is 59.4 Å². The molecule has 0 aliphatic carbocycles. The summed E-state index contributed by atoms with van der Waals surface area (Å²) < 4.78 is 0. The van der Waals surface area contributed by atoms with Crippen molar-refractivity contribution in [2.24, 2.45) is 0 Å². The Bertz CT molecular complexity index is 444. The average molecular weight is 394 g/mol. The summed E-state index contributed by atoms with van der Waals surface area (Å²) in [4.78, 5) is 56.5. The first kappa shape index (κ1) is 29.6. The summed E-state index contributed by atoms with van der Waals surface area (Å²) in [5.74, 6) is -9.28. The van der Waals surface area contributed by atoms with E-state index in [4.69, 9.17) is 0 Å². The smallest absolute Gasteiger partial charge is 0.545 e. The molecule has 0 rings (SSSR count). The molecule has 0 N–H and O–H groups in total. The van der Waals surface area contributed by atoms with Crippen LogP contribution in [0.25, 0.3) is 0 Å². The molecule has 0 saturated heterocycles. The van der Waals surface area contributed by atoms with Gasteiger partial charge in [-0.1, -0.05) is 0 Å². The maximum absolute atomic E-state index is 9.41. The first-order chi connectivity index (χ1) is 10.9. The molecular formula is C12H6CrO12. The molecule has 0 unspecified atom stereocenters. The van der Waals surface area contributed by atoms with Crippen molar-refractivity contribution in [2.75, 3.05) is 0 Å². The van der Waals surface area contributed by atoms with Gasteiger partial charge in [-0.3, -0.25) is 0 Å². The number of carboxylic acids is 6. The largest absolute Gasteiger partial charge is 6.00 e. The van der Waals surface area contributed by atoms with Gasteiger partial charge in [0.15, 0.2) is 0 Å². The third-order valence-corrected chi connectivity index (χ3v) is 1.07. The van der Waals surface area contributed by atoms with Gasteiger partial charge in [0.2, 0.25) is 0 Å². The Kier molecular flexibility index (Phi) is 22.0. The molecule has 0 bridgehead atoms. The van der Waals surface area contributed by atoms with Crippen molar-refractivity contribution < 1.29 is 76.8 Å². The van der Waals surface area contributed by atoms with Crippen LogP contribution in [-0.2, 0) is 46.1 Å². The molecule has 13 heteroatoms. The van der Waals surface area contributed by atoms with Gasteiger partial charge >= 0.3 is 17.4 Å². The summed E-state index contributed by atoms with van der Waals surface area (Å²) in [6.07, 6.45) is 2.31. The fourth-order valence-corrected chi connectivity index (χ4v) is 0.408. The topological polar surface area (TPSA) is 241 Å². The molecule has 132 valence electrons. The van der Waals surface area contributed by atoms with E-state index in [0.717, 1.165) is 0 Å². The molecule has 0 aliphatic rings. The summed E-state index contributed by atoms with van der Waals surface area (Å²) in [7, 11) is 0. The zero-order valence-corrected chi connectivity index (χ0v) is 13.0. The molecule has 0 aliphatic heterocycles. The maximum Gasteiger partial charge on any atom is 6.00 e. The quantitative estimate of drug-likeness (QED) is 0.381. The summed E-state index contributed by atoms with van der Waals surface area (Å²) in [6, 6.07) is 0. The van der Waals surface area contributed by atoms with Crippen LogP contribution < -0.4 is 30.6 Å². The van der Waals surface area contributed by atoms with Crippen LogP contribution in [0.1, 0.15) is 0 Å². The van der Waals surface area contributed by atoms with Crippen molar-refractivity contribution in [3.05, 3.63) is 36.5 Å². The predicted molar refractivity (Wildman–Crippen MR) is 57.5 cm³/mol. The minimum atomic E-state index is -1.55. The van der Waals surface area contributed by atoms with Gasteiger partial charge in [-0.25, -0.2) is 0 Å². The summed E-state index contributed by atoms with van der Waals surface area (Å²) in [5, 5.41) is 56.5. The van der Waals surface area contributed by atoms with Crippen LogP contribution in [0.3, 0.4) is 0 Å². The molecule has 0 aromatic heterocycles. The molecule has 25 heavy (non-hydrogen) atoms. The van der Waals surface area contributed by atoms with E-state index in [0.29, 0.717) is 36.5 Å². The minimum absolute atomic E-state index is 0. The second-order valence-electron chi connectivity index (χ2n) is 2.91. The maximum atomic E-state index is 9.41. The molecule has 0 atom stereocenters. The van der Waals surface area contributed by atoms with E-state index in [-0.39, 0.29) is 17.4 Å². The van der Waals surface area contributed by atoms with Gasteiger partial charge in [0.05, 0.1) is 35.8 Å². The molecule has 12 nitrogen and oxygen atoms in total. The zero-order chi connectivity index (χ0) is 19.7. The Hall–Kier alpha value is -3.43. The Balaban J connectivity index is -0.000000130. The number of carbonyl (C=O) groups is 6. The Labute approximate surface area is 149 Å². The second kappa shape index (κ2) is 18.6. The summed E-state index contributed by atoms with van der Waals surface area (Å²) >= 11 is 0. The van der Waals surface area contributed by atoms with E-state index in [1.807, 2.05) is 0 Å². The Morgan fingerprint density at radius 3 is 0.480 bits per heavy atom. The van der Waals surface area contributed by atoms with Crippen molar-refractivity contribution in [2.45, 2.75) is 0 Å². The van der Waals surface area contributed by atoms with Crippen molar-refractivity contribution in [1.82, 2.24) is 0 Å². The number of aliphatic carboxylic acids is 6. The van der Waals surface area contributed by atoms with Crippen LogP contribution in [0.5, 0.6) is 0 Å². The summed E-state index contributed by atoms with van der Waals surface area (Å²) in [6.45, 7) is 0.